The Bertz CT molecular complexity index is 562. The van der Waals surface area contributed by atoms with Crippen LogP contribution in [0.2, 0.25) is 0 Å². The monoisotopic (exact) mass is 464 g/mol. The molecule has 0 bridgehead atoms. The molecule has 1 aromatic heterocycles. The van der Waals surface area contributed by atoms with Crippen LogP contribution in [0.4, 0.5) is 15.4 Å². The van der Waals surface area contributed by atoms with Gasteiger partial charge < -0.3 is 9.47 Å². The summed E-state index contributed by atoms with van der Waals surface area (Å²) in [7, 11) is 0. The lowest BCUT2D eigenvalue weighted by Crippen LogP contribution is -2.44. The van der Waals surface area contributed by atoms with Gasteiger partial charge in [-0.1, -0.05) is 37.9 Å². The van der Waals surface area contributed by atoms with E-state index in [0.29, 0.717) is 0 Å². The number of imide groups is 1. The van der Waals surface area contributed by atoms with Crippen LogP contribution in [0, 0.1) is 0 Å². The summed E-state index contributed by atoms with van der Waals surface area (Å²) in [6, 6.07) is 3.29. The van der Waals surface area contributed by atoms with Gasteiger partial charge in [-0.25, -0.2) is 14.6 Å². The van der Waals surface area contributed by atoms with E-state index in [-0.39, 0.29) is 9.55 Å². The molecule has 0 saturated carbocycles. The lowest BCUT2D eigenvalue weighted by atomic mass is 10.2. The number of anilines is 1. The normalized spacial score (nSPS) is 12.0. The van der Waals surface area contributed by atoms with E-state index in [4.69, 9.17) is 9.47 Å². The van der Waals surface area contributed by atoms with Crippen molar-refractivity contribution in [2.75, 3.05) is 4.90 Å². The fourth-order valence-corrected chi connectivity index (χ4v) is 2.08. The molecule has 8 heteroatoms. The Morgan fingerprint density at radius 3 is 1.75 bits per heavy atom. The molecule has 0 atom stereocenters. The largest absolute Gasteiger partial charge is 0.443 e. The number of rotatable bonds is 2. The molecule has 0 radical (unpaired) electrons. The summed E-state index contributed by atoms with van der Waals surface area (Å²) in [6.45, 7) is 10.3. The SMILES string of the molecule is CC(C)(C)OC(=O)N(C(=O)OC(C)(C)C)c1ccc(C(Br)Br)cn1. The van der Waals surface area contributed by atoms with Crippen molar-refractivity contribution in [3.05, 3.63) is 23.9 Å². The highest BCUT2D eigenvalue weighted by Gasteiger charge is 2.33. The molecular formula is C16H22Br2N2O4. The molecule has 6 nitrogen and oxygen atoms in total. The molecular weight excluding hydrogens is 444 g/mol. The van der Waals surface area contributed by atoms with Crippen LogP contribution in [-0.4, -0.2) is 28.4 Å². The number of aromatic nitrogens is 1. The van der Waals surface area contributed by atoms with Crippen LogP contribution in [0.1, 0.15) is 50.8 Å². The number of hydrogen-bond acceptors (Lipinski definition) is 5. The summed E-state index contributed by atoms with van der Waals surface area (Å²) < 4.78 is 10.5. The average Bonchev–Trinajstić information content (AvgIpc) is 2.34. The second-order valence-electron chi connectivity index (χ2n) is 7.05. The zero-order valence-corrected chi connectivity index (χ0v) is 17.8. The highest BCUT2D eigenvalue weighted by molar-refractivity contribution is 9.24. The Morgan fingerprint density at radius 2 is 1.46 bits per heavy atom. The molecule has 0 aliphatic heterocycles. The molecule has 0 spiro atoms. The van der Waals surface area contributed by atoms with Crippen molar-refractivity contribution in [2.45, 2.75) is 56.5 Å². The Hall–Kier alpha value is -1.15. The number of ether oxygens (including phenoxy) is 2. The van der Waals surface area contributed by atoms with E-state index in [2.05, 4.69) is 36.8 Å². The Balaban J connectivity index is 3.17. The molecule has 0 fully saturated rings. The van der Waals surface area contributed by atoms with E-state index in [9.17, 15) is 9.59 Å². The predicted octanol–water partition coefficient (Wildman–Crippen LogP) is 5.55. The molecule has 1 heterocycles. The minimum Gasteiger partial charge on any atom is -0.443 e. The summed E-state index contributed by atoms with van der Waals surface area (Å²) in [4.78, 5) is 29.9. The average molecular weight is 466 g/mol. The first-order chi connectivity index (χ1) is 10.8. The van der Waals surface area contributed by atoms with Gasteiger partial charge in [0.05, 0.1) is 3.74 Å². The third-order valence-electron chi connectivity index (χ3n) is 2.40. The summed E-state index contributed by atoms with van der Waals surface area (Å²) in [5, 5.41) is 0. The molecule has 1 rings (SSSR count). The van der Waals surface area contributed by atoms with Crippen molar-refractivity contribution < 1.29 is 19.1 Å². The topological polar surface area (TPSA) is 68.7 Å². The van der Waals surface area contributed by atoms with Crippen molar-refractivity contribution in [3.8, 4) is 0 Å². The summed E-state index contributed by atoms with van der Waals surface area (Å²) in [6.07, 6.45) is -0.136. The van der Waals surface area contributed by atoms with Gasteiger partial charge in [0.15, 0.2) is 0 Å². The van der Waals surface area contributed by atoms with Gasteiger partial charge in [0.2, 0.25) is 0 Å². The summed E-state index contributed by atoms with van der Waals surface area (Å²) >= 11 is 6.72. The molecule has 24 heavy (non-hydrogen) atoms. The van der Waals surface area contributed by atoms with Gasteiger partial charge >= 0.3 is 12.2 Å². The third kappa shape index (κ3) is 6.76. The van der Waals surface area contributed by atoms with Gasteiger partial charge in [-0.3, -0.25) is 0 Å². The van der Waals surface area contributed by atoms with E-state index in [0.717, 1.165) is 10.5 Å². The van der Waals surface area contributed by atoms with Gasteiger partial charge in [0.1, 0.15) is 17.0 Å². The molecule has 0 aliphatic rings. The van der Waals surface area contributed by atoms with Crippen molar-refractivity contribution in [1.29, 1.82) is 0 Å². The zero-order valence-electron chi connectivity index (χ0n) is 14.6. The molecule has 0 unspecified atom stereocenters. The summed E-state index contributed by atoms with van der Waals surface area (Å²) in [5.41, 5.74) is -0.672. The maximum absolute atomic E-state index is 12.4. The van der Waals surface area contributed by atoms with Crippen LogP contribution in [0.15, 0.2) is 18.3 Å². The van der Waals surface area contributed by atoms with Crippen molar-refractivity contribution in [1.82, 2.24) is 4.98 Å². The van der Waals surface area contributed by atoms with Crippen LogP contribution in [0.5, 0.6) is 0 Å². The highest BCUT2D eigenvalue weighted by Crippen LogP contribution is 2.29. The number of hydrogen-bond donors (Lipinski definition) is 0. The first kappa shape index (κ1) is 20.9. The van der Waals surface area contributed by atoms with E-state index < -0.39 is 23.4 Å². The Labute approximate surface area is 159 Å². The molecule has 0 aliphatic carbocycles. The predicted molar refractivity (Wildman–Crippen MR) is 99.8 cm³/mol. The number of alkyl halides is 2. The quantitative estimate of drug-likeness (QED) is 0.535. The van der Waals surface area contributed by atoms with Gasteiger partial charge in [-0.05, 0) is 53.2 Å². The molecule has 2 amide bonds. The second-order valence-corrected chi connectivity index (χ2v) is 10.1. The van der Waals surface area contributed by atoms with Gasteiger partial charge in [0, 0.05) is 6.20 Å². The number of amides is 2. The van der Waals surface area contributed by atoms with Crippen molar-refractivity contribution in [3.63, 3.8) is 0 Å². The van der Waals surface area contributed by atoms with Gasteiger partial charge in [0.25, 0.3) is 0 Å². The smallest absolute Gasteiger partial charge is 0.425 e. The lowest BCUT2D eigenvalue weighted by molar-refractivity contribution is 0.0429. The molecule has 134 valence electrons. The minimum atomic E-state index is -0.841. The maximum Gasteiger partial charge on any atom is 0.425 e. The van der Waals surface area contributed by atoms with Gasteiger partial charge in [-0.2, -0.15) is 4.90 Å². The van der Waals surface area contributed by atoms with Gasteiger partial charge in [-0.15, -0.1) is 0 Å². The highest BCUT2D eigenvalue weighted by atomic mass is 79.9. The Kier molecular flexibility index (Phi) is 6.81. The lowest BCUT2D eigenvalue weighted by Gasteiger charge is -2.28. The Morgan fingerprint density at radius 1 is 1.00 bits per heavy atom. The number of carbonyl (C=O) groups excluding carboxylic acids is 2. The third-order valence-corrected chi connectivity index (χ3v) is 3.46. The first-order valence-corrected chi connectivity index (χ1v) is 9.13. The zero-order chi connectivity index (χ0) is 18.7. The van der Waals surface area contributed by atoms with Crippen LogP contribution in [0.3, 0.4) is 0 Å². The van der Waals surface area contributed by atoms with Crippen LogP contribution in [-0.2, 0) is 9.47 Å². The van der Waals surface area contributed by atoms with E-state index in [1.165, 1.54) is 0 Å². The maximum atomic E-state index is 12.4. The van der Waals surface area contributed by atoms with Crippen LogP contribution in [0.25, 0.3) is 0 Å². The first-order valence-electron chi connectivity index (χ1n) is 7.30. The molecule has 1 aromatic rings. The van der Waals surface area contributed by atoms with E-state index in [1.807, 2.05) is 0 Å². The fourth-order valence-electron chi connectivity index (χ4n) is 1.54. The fraction of sp³-hybridized carbons (Fsp3) is 0.562. The number of halogens is 2. The van der Waals surface area contributed by atoms with E-state index in [1.54, 1.807) is 59.9 Å². The standard InChI is InChI=1S/C16H22Br2N2O4/c1-15(2,3)23-13(21)20(14(22)24-16(4,5)6)11-8-7-10(9-19-11)12(17)18/h7-9,12H,1-6H3. The molecule has 0 saturated heterocycles. The van der Waals surface area contributed by atoms with Crippen LogP contribution >= 0.6 is 31.9 Å². The minimum absolute atomic E-state index is 0.0805. The molecule has 0 N–H and O–H groups in total. The molecule has 0 aromatic carbocycles. The van der Waals surface area contributed by atoms with Crippen LogP contribution < -0.4 is 4.90 Å². The van der Waals surface area contributed by atoms with Crippen molar-refractivity contribution in [2.24, 2.45) is 0 Å². The second kappa shape index (κ2) is 7.82. The number of nitrogens with zero attached hydrogens (tertiary/aromatic N) is 2. The number of pyridine rings is 1. The van der Waals surface area contributed by atoms with E-state index >= 15 is 0 Å². The summed E-state index contributed by atoms with van der Waals surface area (Å²) in [5.74, 6) is 0.128. The van der Waals surface area contributed by atoms with Crippen molar-refractivity contribution >= 4 is 49.9 Å². The number of carbonyl (C=O) groups is 2.